The number of anilines is 1. The van der Waals surface area contributed by atoms with Crippen molar-refractivity contribution in [1.29, 1.82) is 0 Å². The minimum absolute atomic E-state index is 0.120. The highest BCUT2D eigenvalue weighted by molar-refractivity contribution is 7.89. The van der Waals surface area contributed by atoms with Crippen molar-refractivity contribution >= 4 is 44.2 Å². The summed E-state index contributed by atoms with van der Waals surface area (Å²) in [5.41, 5.74) is 1.50. The van der Waals surface area contributed by atoms with Gasteiger partial charge >= 0.3 is 0 Å². The molecule has 2 saturated heterocycles. The SMILES string of the molecule is O=C(c1noc2ccc(S(=O)(=O)N3CCN(c4ccc(Cl)cc4)CC3)cc12)N1CCOCC1. The molecular formula is C22H23ClN4O5S. The van der Waals surface area contributed by atoms with Crippen molar-refractivity contribution in [2.45, 2.75) is 4.90 Å². The number of piperazine rings is 1. The molecule has 0 aliphatic carbocycles. The lowest BCUT2D eigenvalue weighted by Crippen LogP contribution is -2.48. The van der Waals surface area contributed by atoms with Gasteiger partial charge < -0.3 is 19.1 Å². The molecule has 3 heterocycles. The van der Waals surface area contributed by atoms with Crippen molar-refractivity contribution in [3.8, 4) is 0 Å². The molecule has 11 heteroatoms. The largest absolute Gasteiger partial charge is 0.378 e. The molecule has 2 aromatic carbocycles. The number of morpholine rings is 1. The molecule has 5 rings (SSSR count). The molecule has 2 fully saturated rings. The molecule has 0 radical (unpaired) electrons. The van der Waals surface area contributed by atoms with Crippen LogP contribution in [0, 0.1) is 0 Å². The normalized spacial score (nSPS) is 18.1. The smallest absolute Gasteiger partial charge is 0.276 e. The predicted molar refractivity (Wildman–Crippen MR) is 123 cm³/mol. The van der Waals surface area contributed by atoms with Crippen LogP contribution in [-0.2, 0) is 14.8 Å². The second kappa shape index (κ2) is 8.94. The summed E-state index contributed by atoms with van der Waals surface area (Å²) < 4.78 is 38.8. The van der Waals surface area contributed by atoms with Crippen molar-refractivity contribution in [2.24, 2.45) is 0 Å². The van der Waals surface area contributed by atoms with Crippen LogP contribution in [0.3, 0.4) is 0 Å². The number of sulfonamides is 1. The molecule has 2 aliphatic heterocycles. The van der Waals surface area contributed by atoms with Crippen LogP contribution in [0.5, 0.6) is 0 Å². The minimum atomic E-state index is -3.74. The highest BCUT2D eigenvalue weighted by atomic mass is 35.5. The number of ether oxygens (including phenoxy) is 1. The lowest BCUT2D eigenvalue weighted by atomic mass is 10.2. The average molecular weight is 491 g/mol. The van der Waals surface area contributed by atoms with Gasteiger partial charge in [0.25, 0.3) is 5.91 Å². The molecule has 1 amide bonds. The first-order valence-electron chi connectivity index (χ1n) is 10.7. The molecule has 0 spiro atoms. The maximum Gasteiger partial charge on any atom is 0.276 e. The van der Waals surface area contributed by atoms with E-state index in [0.717, 1.165) is 5.69 Å². The van der Waals surface area contributed by atoms with Gasteiger partial charge in [-0.2, -0.15) is 4.31 Å². The Balaban J connectivity index is 1.36. The van der Waals surface area contributed by atoms with Gasteiger partial charge in [0.15, 0.2) is 11.3 Å². The van der Waals surface area contributed by atoms with Crippen molar-refractivity contribution in [3.63, 3.8) is 0 Å². The maximum atomic E-state index is 13.4. The van der Waals surface area contributed by atoms with Gasteiger partial charge in [0.2, 0.25) is 10.0 Å². The topological polar surface area (TPSA) is 96.2 Å². The quantitative estimate of drug-likeness (QED) is 0.554. The van der Waals surface area contributed by atoms with E-state index < -0.39 is 10.0 Å². The van der Waals surface area contributed by atoms with Gasteiger partial charge in [-0.05, 0) is 42.5 Å². The number of amides is 1. The number of carbonyl (C=O) groups excluding carboxylic acids is 1. The van der Waals surface area contributed by atoms with Crippen LogP contribution in [0.25, 0.3) is 11.0 Å². The zero-order valence-electron chi connectivity index (χ0n) is 17.8. The van der Waals surface area contributed by atoms with Crippen molar-refractivity contribution in [2.75, 3.05) is 57.4 Å². The number of halogens is 1. The number of aromatic nitrogens is 1. The van der Waals surface area contributed by atoms with Gasteiger partial charge in [-0.25, -0.2) is 8.42 Å². The van der Waals surface area contributed by atoms with E-state index in [9.17, 15) is 13.2 Å². The fraction of sp³-hybridized carbons (Fsp3) is 0.364. The zero-order chi connectivity index (χ0) is 23.0. The summed E-state index contributed by atoms with van der Waals surface area (Å²) >= 11 is 5.96. The average Bonchev–Trinajstić information content (AvgIpc) is 3.28. The van der Waals surface area contributed by atoms with Gasteiger partial charge in [0.1, 0.15) is 0 Å². The Kier molecular flexibility index (Phi) is 6.00. The highest BCUT2D eigenvalue weighted by Gasteiger charge is 2.30. The van der Waals surface area contributed by atoms with Gasteiger partial charge in [-0.3, -0.25) is 4.79 Å². The van der Waals surface area contributed by atoms with Gasteiger partial charge in [-0.1, -0.05) is 16.8 Å². The van der Waals surface area contributed by atoms with E-state index in [1.165, 1.54) is 16.4 Å². The third-order valence-electron chi connectivity index (χ3n) is 6.01. The summed E-state index contributed by atoms with van der Waals surface area (Å²) in [6, 6.07) is 12.0. The summed E-state index contributed by atoms with van der Waals surface area (Å²) in [5.74, 6) is -0.289. The molecule has 0 N–H and O–H groups in total. The lowest BCUT2D eigenvalue weighted by Gasteiger charge is -2.35. The Bertz CT molecular complexity index is 1260. The van der Waals surface area contributed by atoms with Gasteiger partial charge in [-0.15, -0.1) is 0 Å². The molecule has 0 unspecified atom stereocenters. The van der Waals surface area contributed by atoms with Crippen LogP contribution in [0.1, 0.15) is 10.5 Å². The summed E-state index contributed by atoms with van der Waals surface area (Å²) in [6.45, 7) is 3.69. The number of carbonyl (C=O) groups is 1. The number of nitrogens with zero attached hydrogens (tertiary/aromatic N) is 4. The molecule has 0 saturated carbocycles. The van der Waals surface area contributed by atoms with E-state index in [1.54, 1.807) is 11.0 Å². The van der Waals surface area contributed by atoms with Crippen LogP contribution >= 0.6 is 11.6 Å². The van der Waals surface area contributed by atoms with E-state index >= 15 is 0 Å². The summed E-state index contributed by atoms with van der Waals surface area (Å²) in [7, 11) is -3.74. The monoisotopic (exact) mass is 490 g/mol. The molecule has 1 aromatic heterocycles. The molecule has 3 aromatic rings. The Morgan fingerprint density at radius 1 is 0.939 bits per heavy atom. The number of rotatable bonds is 4. The van der Waals surface area contributed by atoms with E-state index in [0.29, 0.717) is 68.5 Å². The number of fused-ring (bicyclic) bond motifs is 1. The summed E-state index contributed by atoms with van der Waals surface area (Å²) in [4.78, 5) is 16.8. The van der Waals surface area contributed by atoms with Crippen molar-refractivity contribution < 1.29 is 22.5 Å². The Labute approximate surface area is 196 Å². The van der Waals surface area contributed by atoms with Crippen LogP contribution in [0.15, 0.2) is 51.9 Å². The van der Waals surface area contributed by atoms with E-state index in [4.69, 9.17) is 20.9 Å². The molecule has 174 valence electrons. The van der Waals surface area contributed by atoms with Crippen LogP contribution < -0.4 is 4.90 Å². The highest BCUT2D eigenvalue weighted by Crippen LogP contribution is 2.27. The van der Waals surface area contributed by atoms with Crippen LogP contribution in [0.4, 0.5) is 5.69 Å². The standard InChI is InChI=1S/C22H23ClN4O5S/c23-16-1-3-17(4-2-16)25-7-9-27(10-8-25)33(29,30)18-5-6-20-19(15-18)21(24-32-20)22(28)26-11-13-31-14-12-26/h1-6,15H,7-14H2. The van der Waals surface area contributed by atoms with Gasteiger partial charge in [0, 0.05) is 50.0 Å². The van der Waals surface area contributed by atoms with E-state index in [1.807, 2.05) is 24.3 Å². The first kappa shape index (κ1) is 22.1. The predicted octanol–water partition coefficient (Wildman–Crippen LogP) is 2.46. The van der Waals surface area contributed by atoms with E-state index in [2.05, 4.69) is 10.1 Å². The summed E-state index contributed by atoms with van der Waals surface area (Å²) in [6.07, 6.45) is 0. The maximum absolute atomic E-state index is 13.4. The second-order valence-electron chi connectivity index (χ2n) is 7.96. The van der Waals surface area contributed by atoms with Crippen LogP contribution in [0.2, 0.25) is 5.02 Å². The zero-order valence-corrected chi connectivity index (χ0v) is 19.4. The lowest BCUT2D eigenvalue weighted by molar-refractivity contribution is 0.0297. The fourth-order valence-corrected chi connectivity index (χ4v) is 5.71. The second-order valence-corrected chi connectivity index (χ2v) is 10.3. The minimum Gasteiger partial charge on any atom is -0.378 e. The van der Waals surface area contributed by atoms with Crippen LogP contribution in [-0.4, -0.2) is 81.2 Å². The first-order chi connectivity index (χ1) is 15.9. The Hall–Kier alpha value is -2.66. The molecule has 2 aliphatic rings. The number of hydrogen-bond acceptors (Lipinski definition) is 7. The molecular weight excluding hydrogens is 468 g/mol. The first-order valence-corrected chi connectivity index (χ1v) is 12.5. The third kappa shape index (κ3) is 4.31. The van der Waals surface area contributed by atoms with Crippen molar-refractivity contribution in [1.82, 2.24) is 14.4 Å². The Morgan fingerprint density at radius 3 is 2.33 bits per heavy atom. The van der Waals surface area contributed by atoms with Gasteiger partial charge in [0.05, 0.1) is 23.5 Å². The molecule has 0 atom stereocenters. The third-order valence-corrected chi connectivity index (χ3v) is 8.16. The Morgan fingerprint density at radius 2 is 1.64 bits per heavy atom. The molecule has 9 nitrogen and oxygen atoms in total. The number of hydrogen-bond donors (Lipinski definition) is 0. The molecule has 33 heavy (non-hydrogen) atoms. The number of benzene rings is 2. The fourth-order valence-electron chi connectivity index (χ4n) is 4.14. The summed E-state index contributed by atoms with van der Waals surface area (Å²) in [5, 5.41) is 4.98. The van der Waals surface area contributed by atoms with Crippen molar-refractivity contribution in [3.05, 3.63) is 53.2 Å². The molecule has 0 bridgehead atoms. The van der Waals surface area contributed by atoms with E-state index in [-0.39, 0.29) is 16.5 Å².